The van der Waals surface area contributed by atoms with Gasteiger partial charge in [0.2, 0.25) is 6.29 Å². The first kappa shape index (κ1) is 15.8. The van der Waals surface area contributed by atoms with E-state index in [1.807, 2.05) is 27.7 Å². The number of hydrogen-bond acceptors (Lipinski definition) is 5. The van der Waals surface area contributed by atoms with Gasteiger partial charge in [0.1, 0.15) is 5.60 Å². The van der Waals surface area contributed by atoms with Crippen molar-refractivity contribution in [2.45, 2.75) is 39.6 Å². The van der Waals surface area contributed by atoms with Crippen LogP contribution >= 0.6 is 0 Å². The summed E-state index contributed by atoms with van der Waals surface area (Å²) in [5, 5.41) is 0. The van der Waals surface area contributed by atoms with Crippen LogP contribution in [0.4, 0.5) is 0 Å². The smallest absolute Gasteiger partial charge is 0.253 e. The molecule has 19 heavy (non-hydrogen) atoms. The number of carbonyl (C=O) groups excluding carboxylic acids is 2. The topological polar surface area (TPSA) is 65.1 Å². The van der Waals surface area contributed by atoms with Crippen LogP contribution in [0.5, 0.6) is 0 Å². The van der Waals surface area contributed by atoms with Gasteiger partial charge in [0.05, 0.1) is 6.54 Å². The minimum atomic E-state index is -0.814. The lowest BCUT2D eigenvalue weighted by Gasteiger charge is -2.30. The molecular formula is C13H21NO5. The van der Waals surface area contributed by atoms with Crippen molar-refractivity contribution in [1.82, 2.24) is 4.90 Å². The molecule has 2 amide bonds. The van der Waals surface area contributed by atoms with Crippen molar-refractivity contribution in [3.8, 4) is 0 Å². The Morgan fingerprint density at radius 1 is 1.21 bits per heavy atom. The number of carbonyl (C=O) groups is 2. The van der Waals surface area contributed by atoms with E-state index in [1.165, 1.54) is 19.3 Å². The van der Waals surface area contributed by atoms with Gasteiger partial charge in [-0.1, -0.05) is 13.8 Å². The molecule has 0 aromatic carbocycles. The first-order valence-corrected chi connectivity index (χ1v) is 6.18. The molecular weight excluding hydrogens is 250 g/mol. The van der Waals surface area contributed by atoms with E-state index < -0.39 is 11.9 Å². The highest BCUT2D eigenvalue weighted by Crippen LogP contribution is 2.21. The van der Waals surface area contributed by atoms with E-state index in [2.05, 4.69) is 0 Å². The van der Waals surface area contributed by atoms with E-state index in [0.29, 0.717) is 0 Å². The lowest BCUT2D eigenvalue weighted by Crippen LogP contribution is -2.41. The summed E-state index contributed by atoms with van der Waals surface area (Å²) < 4.78 is 5.06. The van der Waals surface area contributed by atoms with Crippen LogP contribution in [-0.2, 0) is 24.1 Å². The largest absolute Gasteiger partial charge is 0.352 e. The van der Waals surface area contributed by atoms with E-state index in [-0.39, 0.29) is 24.3 Å². The number of ether oxygens (including phenoxy) is 1. The van der Waals surface area contributed by atoms with Crippen LogP contribution in [0.1, 0.15) is 27.7 Å². The van der Waals surface area contributed by atoms with Crippen molar-refractivity contribution < 1.29 is 24.1 Å². The number of amides is 2. The summed E-state index contributed by atoms with van der Waals surface area (Å²) in [6.45, 7) is 7.77. The van der Waals surface area contributed by atoms with Gasteiger partial charge in [0, 0.05) is 19.3 Å². The molecule has 1 aliphatic rings. The Labute approximate surface area is 113 Å². The van der Waals surface area contributed by atoms with Crippen molar-refractivity contribution >= 4 is 11.8 Å². The average molecular weight is 271 g/mol. The maximum atomic E-state index is 11.4. The SMILES string of the molecule is COC(CN1C(=O)C=CC1=O)OOC(C)(C)C(C)C. The molecule has 1 rings (SSSR count). The monoisotopic (exact) mass is 271 g/mol. The van der Waals surface area contributed by atoms with E-state index in [1.54, 1.807) is 0 Å². The molecule has 108 valence electrons. The lowest BCUT2D eigenvalue weighted by atomic mass is 9.95. The molecule has 0 N–H and O–H groups in total. The van der Waals surface area contributed by atoms with Crippen LogP contribution in [0.25, 0.3) is 0 Å². The quantitative estimate of drug-likeness (QED) is 0.302. The summed E-state index contributed by atoms with van der Waals surface area (Å²) in [4.78, 5) is 34.4. The minimum Gasteiger partial charge on any atom is -0.352 e. The van der Waals surface area contributed by atoms with Gasteiger partial charge >= 0.3 is 0 Å². The molecule has 1 unspecified atom stereocenters. The third kappa shape index (κ3) is 4.12. The second-order valence-electron chi connectivity index (χ2n) is 5.22. The first-order chi connectivity index (χ1) is 8.77. The van der Waals surface area contributed by atoms with Gasteiger partial charge in [-0.15, -0.1) is 0 Å². The fraction of sp³-hybridized carbons (Fsp3) is 0.692. The zero-order valence-corrected chi connectivity index (χ0v) is 12.0. The van der Waals surface area contributed by atoms with Gasteiger partial charge in [0.15, 0.2) is 0 Å². The van der Waals surface area contributed by atoms with Crippen molar-refractivity contribution in [1.29, 1.82) is 0 Å². The summed E-state index contributed by atoms with van der Waals surface area (Å²) in [5.74, 6) is -0.515. The molecule has 1 heterocycles. The van der Waals surface area contributed by atoms with Gasteiger partial charge in [-0.2, -0.15) is 0 Å². The van der Waals surface area contributed by atoms with Gasteiger partial charge in [0.25, 0.3) is 11.8 Å². The molecule has 0 saturated carbocycles. The Balaban J connectivity index is 2.51. The lowest BCUT2D eigenvalue weighted by molar-refractivity contribution is -0.422. The summed E-state index contributed by atoms with van der Waals surface area (Å²) in [7, 11) is 1.43. The van der Waals surface area contributed by atoms with Crippen LogP contribution in [0.3, 0.4) is 0 Å². The first-order valence-electron chi connectivity index (χ1n) is 6.18. The Morgan fingerprint density at radius 3 is 2.16 bits per heavy atom. The molecule has 0 radical (unpaired) electrons. The molecule has 0 saturated heterocycles. The number of imide groups is 1. The normalized spacial score (nSPS) is 17.7. The number of nitrogens with zero attached hydrogens (tertiary/aromatic N) is 1. The fourth-order valence-electron chi connectivity index (χ4n) is 1.18. The van der Waals surface area contributed by atoms with Gasteiger partial charge < -0.3 is 4.74 Å². The Morgan fingerprint density at radius 2 is 1.74 bits per heavy atom. The molecule has 0 bridgehead atoms. The van der Waals surface area contributed by atoms with E-state index in [0.717, 1.165) is 4.90 Å². The predicted octanol–water partition coefficient (Wildman–Crippen LogP) is 1.27. The van der Waals surface area contributed by atoms with E-state index in [4.69, 9.17) is 14.5 Å². The van der Waals surface area contributed by atoms with E-state index >= 15 is 0 Å². The number of hydrogen-bond donors (Lipinski definition) is 0. The zero-order valence-electron chi connectivity index (χ0n) is 12.0. The van der Waals surface area contributed by atoms with Gasteiger partial charge in [-0.3, -0.25) is 14.5 Å². The fourth-order valence-corrected chi connectivity index (χ4v) is 1.18. The maximum Gasteiger partial charge on any atom is 0.253 e. The third-order valence-electron chi connectivity index (χ3n) is 3.26. The number of methoxy groups -OCH3 is 1. The Bertz CT molecular complexity index is 357. The highest BCUT2D eigenvalue weighted by molar-refractivity contribution is 6.12. The summed E-state index contributed by atoms with van der Waals surface area (Å²) in [6, 6.07) is 0. The molecule has 6 heteroatoms. The van der Waals surface area contributed by atoms with Crippen LogP contribution in [-0.4, -0.2) is 42.3 Å². The van der Waals surface area contributed by atoms with Gasteiger partial charge in [-0.25, -0.2) is 9.78 Å². The van der Waals surface area contributed by atoms with E-state index in [9.17, 15) is 9.59 Å². The zero-order chi connectivity index (χ0) is 14.6. The van der Waals surface area contributed by atoms with Crippen molar-refractivity contribution in [2.75, 3.05) is 13.7 Å². The highest BCUT2D eigenvalue weighted by Gasteiger charge is 2.30. The van der Waals surface area contributed by atoms with Crippen molar-refractivity contribution in [2.24, 2.45) is 5.92 Å². The van der Waals surface area contributed by atoms with Crippen LogP contribution < -0.4 is 0 Å². The summed E-state index contributed by atoms with van der Waals surface area (Å²) in [6.07, 6.45) is 1.62. The Hall–Kier alpha value is -1.24. The molecule has 1 atom stereocenters. The Kier molecular flexibility index (Phi) is 5.22. The summed E-state index contributed by atoms with van der Waals surface area (Å²) in [5.41, 5.74) is -0.492. The third-order valence-corrected chi connectivity index (χ3v) is 3.26. The second-order valence-corrected chi connectivity index (χ2v) is 5.22. The maximum absolute atomic E-state index is 11.4. The minimum absolute atomic E-state index is 0.00462. The molecule has 1 aliphatic heterocycles. The average Bonchev–Trinajstić information content (AvgIpc) is 2.65. The molecule has 6 nitrogen and oxygen atoms in total. The molecule has 0 aromatic heterocycles. The van der Waals surface area contributed by atoms with Gasteiger partial charge in [-0.05, 0) is 19.8 Å². The van der Waals surface area contributed by atoms with Crippen LogP contribution in [0, 0.1) is 5.92 Å². The van der Waals surface area contributed by atoms with Crippen LogP contribution in [0.15, 0.2) is 12.2 Å². The predicted molar refractivity (Wildman–Crippen MR) is 67.7 cm³/mol. The van der Waals surface area contributed by atoms with Crippen LogP contribution in [0.2, 0.25) is 0 Å². The molecule has 0 aliphatic carbocycles. The number of rotatable bonds is 7. The van der Waals surface area contributed by atoms with Crippen molar-refractivity contribution in [3.05, 3.63) is 12.2 Å². The summed E-state index contributed by atoms with van der Waals surface area (Å²) >= 11 is 0. The molecule has 0 spiro atoms. The van der Waals surface area contributed by atoms with Crippen molar-refractivity contribution in [3.63, 3.8) is 0 Å². The second kappa shape index (κ2) is 6.27. The highest BCUT2D eigenvalue weighted by atomic mass is 17.2. The standard InChI is InChI=1S/C13H21NO5/c1-9(2)13(3,4)19-18-12(17-5)8-14-10(15)6-7-11(14)16/h6-7,9,12H,8H2,1-5H3. The molecule has 0 aromatic rings. The molecule has 0 fully saturated rings.